The van der Waals surface area contributed by atoms with Gasteiger partial charge in [0.05, 0.1) is 17.7 Å². The molecule has 1 aromatic heterocycles. The minimum Gasteiger partial charge on any atom is -0.497 e. The van der Waals surface area contributed by atoms with Crippen molar-refractivity contribution < 1.29 is 17.9 Å². The molecule has 1 heterocycles. The van der Waals surface area contributed by atoms with Crippen LogP contribution in [-0.4, -0.2) is 44.3 Å². The van der Waals surface area contributed by atoms with Crippen LogP contribution in [0.25, 0.3) is 5.69 Å². The third-order valence-corrected chi connectivity index (χ3v) is 6.97. The van der Waals surface area contributed by atoms with E-state index in [0.29, 0.717) is 11.4 Å². The minimum atomic E-state index is -3.67. The van der Waals surface area contributed by atoms with E-state index in [0.717, 1.165) is 41.8 Å². The van der Waals surface area contributed by atoms with Gasteiger partial charge in [-0.05, 0) is 62.6 Å². The summed E-state index contributed by atoms with van der Waals surface area (Å²) in [6, 6.07) is 14.2. The predicted molar refractivity (Wildman–Crippen MR) is 121 cm³/mol. The Morgan fingerprint density at radius 2 is 1.78 bits per heavy atom. The Kier molecular flexibility index (Phi) is 6.29. The van der Waals surface area contributed by atoms with Crippen LogP contribution in [0.3, 0.4) is 0 Å². The second kappa shape index (κ2) is 9.13. The molecule has 0 fully saturated rings. The van der Waals surface area contributed by atoms with Gasteiger partial charge in [-0.2, -0.15) is 5.10 Å². The fourth-order valence-electron chi connectivity index (χ4n) is 3.80. The zero-order valence-corrected chi connectivity index (χ0v) is 18.9. The fraction of sp³-hybridized carbons (Fsp3) is 0.304. The summed E-state index contributed by atoms with van der Waals surface area (Å²) in [6.45, 7) is 2.25. The molecule has 2 N–H and O–H groups in total. The van der Waals surface area contributed by atoms with Gasteiger partial charge in [-0.1, -0.05) is 17.7 Å². The Morgan fingerprint density at radius 1 is 1.06 bits per heavy atom. The SMILES string of the molecule is COc1ccc(S(=O)(=O)NCCNC(=O)c2nn(-c3ccc(C)cc3)c3c2CCC3)cc1. The fourth-order valence-corrected chi connectivity index (χ4v) is 4.83. The van der Waals surface area contributed by atoms with Crippen molar-refractivity contribution in [2.75, 3.05) is 20.2 Å². The Morgan fingerprint density at radius 3 is 2.47 bits per heavy atom. The number of methoxy groups -OCH3 is 1. The van der Waals surface area contributed by atoms with Crippen LogP contribution in [0.15, 0.2) is 53.4 Å². The number of nitrogens with one attached hydrogen (secondary N) is 2. The summed E-state index contributed by atoms with van der Waals surface area (Å²) >= 11 is 0. The molecule has 168 valence electrons. The zero-order valence-electron chi connectivity index (χ0n) is 18.1. The van der Waals surface area contributed by atoms with Gasteiger partial charge in [0.1, 0.15) is 5.75 Å². The molecule has 1 amide bonds. The lowest BCUT2D eigenvalue weighted by atomic mass is 10.2. The monoisotopic (exact) mass is 454 g/mol. The number of aryl methyl sites for hydroxylation is 1. The molecule has 0 bridgehead atoms. The molecule has 4 rings (SSSR count). The Labute approximate surface area is 187 Å². The van der Waals surface area contributed by atoms with Crippen LogP contribution in [0, 0.1) is 6.92 Å². The smallest absolute Gasteiger partial charge is 0.272 e. The van der Waals surface area contributed by atoms with Crippen LogP contribution in [0.4, 0.5) is 0 Å². The number of hydrogen-bond donors (Lipinski definition) is 2. The van der Waals surface area contributed by atoms with Gasteiger partial charge in [0.25, 0.3) is 5.91 Å². The maximum Gasteiger partial charge on any atom is 0.272 e. The quantitative estimate of drug-likeness (QED) is 0.509. The van der Waals surface area contributed by atoms with Gasteiger partial charge in [0.15, 0.2) is 5.69 Å². The number of amides is 1. The average molecular weight is 455 g/mol. The number of ether oxygens (including phenoxy) is 1. The van der Waals surface area contributed by atoms with E-state index in [2.05, 4.69) is 15.1 Å². The topological polar surface area (TPSA) is 102 Å². The summed E-state index contributed by atoms with van der Waals surface area (Å²) in [5.41, 5.74) is 4.55. The molecular formula is C23H26N4O4S. The highest BCUT2D eigenvalue weighted by Crippen LogP contribution is 2.28. The molecule has 0 unspecified atom stereocenters. The number of carbonyl (C=O) groups excluding carboxylic acids is 1. The van der Waals surface area contributed by atoms with Crippen molar-refractivity contribution in [3.8, 4) is 11.4 Å². The molecule has 9 heteroatoms. The predicted octanol–water partition coefficient (Wildman–Crippen LogP) is 2.39. The van der Waals surface area contributed by atoms with Crippen LogP contribution in [-0.2, 0) is 22.9 Å². The largest absolute Gasteiger partial charge is 0.497 e. The van der Waals surface area contributed by atoms with Gasteiger partial charge in [0, 0.05) is 24.3 Å². The van der Waals surface area contributed by atoms with E-state index in [-0.39, 0.29) is 23.9 Å². The second-order valence-electron chi connectivity index (χ2n) is 7.70. The minimum absolute atomic E-state index is 0.0704. The van der Waals surface area contributed by atoms with Crippen LogP contribution in [0.1, 0.15) is 33.7 Å². The molecule has 2 aromatic carbocycles. The molecule has 0 saturated carbocycles. The van der Waals surface area contributed by atoms with Crippen molar-refractivity contribution in [1.82, 2.24) is 19.8 Å². The van der Waals surface area contributed by atoms with Crippen molar-refractivity contribution in [3.05, 3.63) is 71.0 Å². The number of benzene rings is 2. The molecule has 0 aliphatic heterocycles. The third-order valence-electron chi connectivity index (χ3n) is 5.50. The summed E-state index contributed by atoms with van der Waals surface area (Å²) in [4.78, 5) is 12.9. The highest BCUT2D eigenvalue weighted by molar-refractivity contribution is 7.89. The van der Waals surface area contributed by atoms with Crippen LogP contribution >= 0.6 is 0 Å². The molecular weight excluding hydrogens is 428 g/mol. The number of sulfonamides is 1. The summed E-state index contributed by atoms with van der Waals surface area (Å²) < 4.78 is 34.2. The van der Waals surface area contributed by atoms with Gasteiger partial charge < -0.3 is 10.1 Å². The van der Waals surface area contributed by atoms with E-state index in [4.69, 9.17) is 4.74 Å². The molecule has 1 aliphatic rings. The molecule has 3 aromatic rings. The first-order valence-electron chi connectivity index (χ1n) is 10.5. The van der Waals surface area contributed by atoms with Crippen molar-refractivity contribution in [2.24, 2.45) is 0 Å². The van der Waals surface area contributed by atoms with Crippen LogP contribution in [0.2, 0.25) is 0 Å². The van der Waals surface area contributed by atoms with Gasteiger partial charge in [0.2, 0.25) is 10.0 Å². The highest BCUT2D eigenvalue weighted by atomic mass is 32.2. The lowest BCUT2D eigenvalue weighted by Gasteiger charge is -2.08. The van der Waals surface area contributed by atoms with Crippen molar-refractivity contribution in [3.63, 3.8) is 0 Å². The van der Waals surface area contributed by atoms with E-state index in [9.17, 15) is 13.2 Å². The first kappa shape index (κ1) is 22.0. The normalized spacial score (nSPS) is 13.1. The lowest BCUT2D eigenvalue weighted by Crippen LogP contribution is -2.35. The average Bonchev–Trinajstić information content (AvgIpc) is 3.40. The van der Waals surface area contributed by atoms with E-state index in [1.54, 1.807) is 12.1 Å². The molecule has 0 saturated heterocycles. The lowest BCUT2D eigenvalue weighted by molar-refractivity contribution is 0.0948. The molecule has 1 aliphatic carbocycles. The Hall–Kier alpha value is -3.17. The number of hydrogen-bond acceptors (Lipinski definition) is 5. The molecule has 0 atom stereocenters. The molecule has 32 heavy (non-hydrogen) atoms. The molecule has 0 radical (unpaired) electrons. The summed E-state index contributed by atoms with van der Waals surface area (Å²) in [5, 5.41) is 7.36. The zero-order chi connectivity index (χ0) is 22.7. The summed E-state index contributed by atoms with van der Waals surface area (Å²) in [7, 11) is -2.15. The number of aromatic nitrogens is 2. The van der Waals surface area contributed by atoms with Gasteiger partial charge in [-0.15, -0.1) is 0 Å². The number of carbonyl (C=O) groups is 1. The van der Waals surface area contributed by atoms with Gasteiger partial charge >= 0.3 is 0 Å². The van der Waals surface area contributed by atoms with Crippen molar-refractivity contribution in [1.29, 1.82) is 0 Å². The van der Waals surface area contributed by atoms with E-state index in [1.807, 2.05) is 35.9 Å². The highest BCUT2D eigenvalue weighted by Gasteiger charge is 2.26. The van der Waals surface area contributed by atoms with E-state index >= 15 is 0 Å². The third kappa shape index (κ3) is 4.53. The first-order valence-corrected chi connectivity index (χ1v) is 12.0. The molecule has 8 nitrogen and oxygen atoms in total. The van der Waals surface area contributed by atoms with Gasteiger partial charge in [-0.3, -0.25) is 4.79 Å². The van der Waals surface area contributed by atoms with Crippen LogP contribution in [0.5, 0.6) is 5.75 Å². The number of nitrogens with zero attached hydrogens (tertiary/aromatic N) is 2. The van der Waals surface area contributed by atoms with Gasteiger partial charge in [-0.25, -0.2) is 17.8 Å². The standard InChI is InChI=1S/C23H26N4O4S/c1-16-6-8-17(9-7-16)27-21-5-3-4-20(21)22(26-27)23(28)24-14-15-25-32(29,30)19-12-10-18(31-2)11-13-19/h6-13,25H,3-5,14-15H2,1-2H3,(H,24,28). The number of rotatable bonds is 8. The second-order valence-corrected chi connectivity index (χ2v) is 9.47. The molecule has 0 spiro atoms. The Balaban J connectivity index is 1.39. The maximum atomic E-state index is 12.8. The number of fused-ring (bicyclic) bond motifs is 1. The summed E-state index contributed by atoms with van der Waals surface area (Å²) in [6.07, 6.45) is 2.68. The van der Waals surface area contributed by atoms with Crippen molar-refractivity contribution in [2.45, 2.75) is 31.1 Å². The Bertz CT molecular complexity index is 1220. The van der Waals surface area contributed by atoms with E-state index in [1.165, 1.54) is 19.2 Å². The van der Waals surface area contributed by atoms with Crippen LogP contribution < -0.4 is 14.8 Å². The summed E-state index contributed by atoms with van der Waals surface area (Å²) in [5.74, 6) is 0.284. The van der Waals surface area contributed by atoms with E-state index < -0.39 is 10.0 Å². The maximum absolute atomic E-state index is 12.8. The first-order chi connectivity index (χ1) is 15.4. The van der Waals surface area contributed by atoms with Crippen molar-refractivity contribution >= 4 is 15.9 Å².